The lowest BCUT2D eigenvalue weighted by Crippen LogP contribution is -2.54. The highest BCUT2D eigenvalue weighted by Crippen LogP contribution is 2.27. The number of nitrogens with one attached hydrogen (secondary N) is 2. The average molecular weight is 373 g/mol. The van der Waals surface area contributed by atoms with Gasteiger partial charge in [-0.25, -0.2) is 9.78 Å². The van der Waals surface area contributed by atoms with Crippen molar-refractivity contribution in [1.82, 2.24) is 20.2 Å². The molecule has 2 aromatic rings. The van der Waals surface area contributed by atoms with Gasteiger partial charge >= 0.3 is 6.03 Å². The second-order valence-corrected chi connectivity index (χ2v) is 6.80. The van der Waals surface area contributed by atoms with Crippen molar-refractivity contribution in [2.45, 2.75) is 32.9 Å². The van der Waals surface area contributed by atoms with E-state index < -0.39 is 6.04 Å². The molecule has 0 aliphatic carbocycles. The molecule has 0 spiro atoms. The number of benzene rings is 1. The summed E-state index contributed by atoms with van der Waals surface area (Å²) in [6.45, 7) is 6.04. The lowest BCUT2D eigenvalue weighted by atomic mass is 9.98. The third-order valence-electron chi connectivity index (χ3n) is 5.05. The Balaban J connectivity index is 1.74. The van der Waals surface area contributed by atoms with Crippen LogP contribution >= 0.6 is 0 Å². The SMILES string of the molecule is CC[C@@H](C)[C@@H](NC(=O)N1CCn2c1nc1ccccc12)C(=O)NCCOC. The fraction of sp³-hybridized carbons (Fsp3) is 0.526. The molecule has 0 fully saturated rings. The van der Waals surface area contributed by atoms with Crippen molar-refractivity contribution in [3.8, 4) is 0 Å². The lowest BCUT2D eigenvalue weighted by molar-refractivity contribution is -0.124. The smallest absolute Gasteiger partial charge is 0.324 e. The quantitative estimate of drug-likeness (QED) is 0.724. The van der Waals surface area contributed by atoms with Crippen molar-refractivity contribution >= 4 is 28.9 Å². The number of anilines is 1. The van der Waals surface area contributed by atoms with E-state index in [2.05, 4.69) is 15.6 Å². The van der Waals surface area contributed by atoms with Crippen molar-refractivity contribution < 1.29 is 14.3 Å². The number of imidazole rings is 1. The molecule has 1 aliphatic rings. The van der Waals surface area contributed by atoms with Gasteiger partial charge in [-0.2, -0.15) is 0 Å². The van der Waals surface area contributed by atoms with E-state index in [4.69, 9.17) is 4.74 Å². The molecule has 146 valence electrons. The maximum atomic E-state index is 12.9. The Hall–Kier alpha value is -2.61. The van der Waals surface area contributed by atoms with Gasteiger partial charge in [-0.1, -0.05) is 32.4 Å². The Kier molecular flexibility index (Phi) is 5.95. The van der Waals surface area contributed by atoms with E-state index in [0.717, 1.165) is 17.5 Å². The van der Waals surface area contributed by atoms with Crippen LogP contribution in [-0.4, -0.2) is 54.3 Å². The highest BCUT2D eigenvalue weighted by molar-refractivity contribution is 5.96. The molecular weight excluding hydrogens is 346 g/mol. The van der Waals surface area contributed by atoms with Gasteiger partial charge in [-0.3, -0.25) is 9.69 Å². The number of carbonyl (C=O) groups excluding carboxylic acids is 2. The van der Waals surface area contributed by atoms with Gasteiger partial charge in [0.25, 0.3) is 0 Å². The number of amides is 3. The molecule has 0 unspecified atom stereocenters. The molecule has 0 radical (unpaired) electrons. The van der Waals surface area contributed by atoms with Crippen LogP contribution in [0.2, 0.25) is 0 Å². The number of aromatic nitrogens is 2. The topological polar surface area (TPSA) is 88.5 Å². The van der Waals surface area contributed by atoms with Gasteiger partial charge in [0.2, 0.25) is 11.9 Å². The van der Waals surface area contributed by atoms with E-state index >= 15 is 0 Å². The van der Waals surface area contributed by atoms with Gasteiger partial charge in [0.15, 0.2) is 0 Å². The second kappa shape index (κ2) is 8.39. The summed E-state index contributed by atoms with van der Waals surface area (Å²) >= 11 is 0. The van der Waals surface area contributed by atoms with Crippen LogP contribution in [0.5, 0.6) is 0 Å². The molecule has 2 atom stereocenters. The molecular formula is C19H27N5O3. The Morgan fingerprint density at radius 1 is 1.30 bits per heavy atom. The average Bonchev–Trinajstić information content (AvgIpc) is 3.24. The first-order chi connectivity index (χ1) is 13.1. The van der Waals surface area contributed by atoms with Crippen LogP contribution < -0.4 is 15.5 Å². The van der Waals surface area contributed by atoms with Gasteiger partial charge < -0.3 is 19.9 Å². The van der Waals surface area contributed by atoms with Crippen molar-refractivity contribution in [3.05, 3.63) is 24.3 Å². The zero-order chi connectivity index (χ0) is 19.4. The maximum absolute atomic E-state index is 12.9. The van der Waals surface area contributed by atoms with E-state index in [1.54, 1.807) is 12.0 Å². The number of nitrogens with zero attached hydrogens (tertiary/aromatic N) is 3. The van der Waals surface area contributed by atoms with Crippen LogP contribution in [0.3, 0.4) is 0 Å². The summed E-state index contributed by atoms with van der Waals surface area (Å²) in [6, 6.07) is 6.93. The van der Waals surface area contributed by atoms with Gasteiger partial charge in [-0.15, -0.1) is 0 Å². The summed E-state index contributed by atoms with van der Waals surface area (Å²) in [7, 11) is 1.58. The normalized spacial score (nSPS) is 15.4. The molecule has 1 aromatic heterocycles. The Labute approximate surface area is 158 Å². The standard InChI is InChI=1S/C19H27N5O3/c1-4-13(2)16(17(25)20-9-12-27-3)22-19(26)24-11-10-23-15-8-6-5-7-14(15)21-18(23)24/h5-8,13,16H,4,9-12H2,1-3H3,(H,20,25)(H,22,26)/t13-,16-/m1/s1. The monoisotopic (exact) mass is 373 g/mol. The number of hydrogen-bond acceptors (Lipinski definition) is 4. The fourth-order valence-electron chi connectivity index (χ4n) is 3.28. The number of methoxy groups -OCH3 is 1. The Morgan fingerprint density at radius 3 is 2.81 bits per heavy atom. The van der Waals surface area contributed by atoms with Gasteiger partial charge in [0, 0.05) is 26.7 Å². The van der Waals surface area contributed by atoms with Crippen molar-refractivity contribution in [2.24, 2.45) is 5.92 Å². The van der Waals surface area contributed by atoms with Crippen LogP contribution in [0, 0.1) is 5.92 Å². The molecule has 27 heavy (non-hydrogen) atoms. The summed E-state index contributed by atoms with van der Waals surface area (Å²) in [5, 5.41) is 5.72. The van der Waals surface area contributed by atoms with E-state index in [1.807, 2.05) is 42.7 Å². The van der Waals surface area contributed by atoms with E-state index in [1.165, 1.54) is 0 Å². The first kappa shape index (κ1) is 19.2. The van der Waals surface area contributed by atoms with Crippen molar-refractivity contribution in [3.63, 3.8) is 0 Å². The number of carbonyl (C=O) groups is 2. The van der Waals surface area contributed by atoms with E-state index in [-0.39, 0.29) is 17.9 Å². The van der Waals surface area contributed by atoms with Crippen LogP contribution in [0.25, 0.3) is 11.0 Å². The number of ether oxygens (including phenoxy) is 1. The van der Waals surface area contributed by atoms with Crippen molar-refractivity contribution in [2.75, 3.05) is 31.7 Å². The highest BCUT2D eigenvalue weighted by Gasteiger charge is 2.32. The summed E-state index contributed by atoms with van der Waals surface area (Å²) in [4.78, 5) is 31.6. The fourth-order valence-corrected chi connectivity index (χ4v) is 3.28. The van der Waals surface area contributed by atoms with E-state index in [0.29, 0.717) is 32.2 Å². The first-order valence-corrected chi connectivity index (χ1v) is 9.36. The molecule has 0 bridgehead atoms. The molecule has 8 nitrogen and oxygen atoms in total. The van der Waals surface area contributed by atoms with Crippen LogP contribution in [0.1, 0.15) is 20.3 Å². The second-order valence-electron chi connectivity index (χ2n) is 6.80. The van der Waals surface area contributed by atoms with E-state index in [9.17, 15) is 9.59 Å². The predicted octanol–water partition coefficient (Wildman–Crippen LogP) is 1.74. The van der Waals surface area contributed by atoms with Crippen LogP contribution in [0.15, 0.2) is 24.3 Å². The minimum absolute atomic E-state index is 0.0120. The third kappa shape index (κ3) is 3.90. The van der Waals surface area contributed by atoms with Gasteiger partial charge in [0.05, 0.1) is 17.6 Å². The number of para-hydroxylation sites is 2. The number of rotatable bonds is 7. The van der Waals surface area contributed by atoms with Crippen LogP contribution in [-0.2, 0) is 16.1 Å². The minimum Gasteiger partial charge on any atom is -0.383 e. The molecule has 3 rings (SSSR count). The summed E-state index contributed by atoms with van der Waals surface area (Å²) < 4.78 is 7.00. The van der Waals surface area contributed by atoms with Crippen LogP contribution in [0.4, 0.5) is 10.7 Å². The summed E-state index contributed by atoms with van der Waals surface area (Å²) in [6.07, 6.45) is 0.779. The molecule has 2 heterocycles. The summed E-state index contributed by atoms with van der Waals surface area (Å²) in [5.41, 5.74) is 1.87. The van der Waals surface area contributed by atoms with Gasteiger partial charge in [-0.05, 0) is 18.1 Å². The minimum atomic E-state index is -0.599. The zero-order valence-corrected chi connectivity index (χ0v) is 16.1. The van der Waals surface area contributed by atoms with Gasteiger partial charge in [0.1, 0.15) is 6.04 Å². The third-order valence-corrected chi connectivity index (χ3v) is 5.05. The molecule has 8 heteroatoms. The number of hydrogen-bond donors (Lipinski definition) is 2. The maximum Gasteiger partial charge on any atom is 0.324 e. The lowest BCUT2D eigenvalue weighted by Gasteiger charge is -2.25. The molecule has 2 N–H and O–H groups in total. The highest BCUT2D eigenvalue weighted by atomic mass is 16.5. The number of urea groups is 1. The molecule has 1 aromatic carbocycles. The Morgan fingerprint density at radius 2 is 2.07 bits per heavy atom. The Bertz CT molecular complexity index is 819. The summed E-state index contributed by atoms with van der Waals surface area (Å²) in [5.74, 6) is 0.441. The zero-order valence-electron chi connectivity index (χ0n) is 16.1. The molecule has 0 saturated heterocycles. The number of fused-ring (bicyclic) bond motifs is 3. The van der Waals surface area contributed by atoms with Crippen molar-refractivity contribution in [1.29, 1.82) is 0 Å². The first-order valence-electron chi connectivity index (χ1n) is 9.36. The predicted molar refractivity (Wildman–Crippen MR) is 104 cm³/mol. The molecule has 1 aliphatic heterocycles. The molecule has 0 saturated carbocycles. The largest absolute Gasteiger partial charge is 0.383 e. The molecule has 3 amide bonds.